The standard InChI is InChI=1S/C18H20N2OS2/c1-13-3-5-14(6-4-13)17-20-10-16(23-17)9-19-12-18(2,21)15-7-8-22-11-15/h3-8,10-11,19,21H,9,12H2,1-2H3. The highest BCUT2D eigenvalue weighted by molar-refractivity contribution is 7.15. The van der Waals surface area contributed by atoms with Crippen LogP contribution in [0.4, 0.5) is 0 Å². The van der Waals surface area contributed by atoms with Crippen LogP contribution in [0.3, 0.4) is 0 Å². The number of thiophene rings is 1. The molecule has 2 heterocycles. The lowest BCUT2D eigenvalue weighted by Crippen LogP contribution is -2.34. The van der Waals surface area contributed by atoms with Crippen molar-refractivity contribution < 1.29 is 5.11 Å². The SMILES string of the molecule is Cc1ccc(-c2ncc(CNCC(C)(O)c3ccsc3)s2)cc1. The first-order chi connectivity index (χ1) is 11.0. The van der Waals surface area contributed by atoms with Gasteiger partial charge < -0.3 is 10.4 Å². The zero-order valence-electron chi connectivity index (χ0n) is 13.2. The van der Waals surface area contributed by atoms with E-state index in [1.807, 2.05) is 29.9 Å². The molecule has 3 nitrogen and oxygen atoms in total. The van der Waals surface area contributed by atoms with Crippen molar-refractivity contribution in [1.82, 2.24) is 10.3 Å². The van der Waals surface area contributed by atoms with Crippen molar-refractivity contribution in [3.8, 4) is 10.6 Å². The van der Waals surface area contributed by atoms with Crippen molar-refractivity contribution in [2.45, 2.75) is 26.0 Å². The molecule has 2 N–H and O–H groups in total. The van der Waals surface area contributed by atoms with Crippen molar-refractivity contribution >= 4 is 22.7 Å². The van der Waals surface area contributed by atoms with E-state index in [0.29, 0.717) is 13.1 Å². The normalized spacial score (nSPS) is 13.9. The Kier molecular flexibility index (Phi) is 4.92. The summed E-state index contributed by atoms with van der Waals surface area (Å²) in [7, 11) is 0. The van der Waals surface area contributed by atoms with Gasteiger partial charge in [-0.1, -0.05) is 29.8 Å². The molecule has 0 radical (unpaired) electrons. The molecule has 0 aliphatic heterocycles. The molecule has 1 unspecified atom stereocenters. The lowest BCUT2D eigenvalue weighted by molar-refractivity contribution is 0.0572. The Morgan fingerprint density at radius 3 is 2.70 bits per heavy atom. The highest BCUT2D eigenvalue weighted by Gasteiger charge is 2.22. The lowest BCUT2D eigenvalue weighted by Gasteiger charge is -2.22. The van der Waals surface area contributed by atoms with Gasteiger partial charge in [-0.25, -0.2) is 4.98 Å². The second-order valence-corrected chi connectivity index (χ2v) is 7.78. The predicted octanol–water partition coefficient (Wildman–Crippen LogP) is 4.18. The second-order valence-electron chi connectivity index (χ2n) is 5.89. The van der Waals surface area contributed by atoms with Crippen molar-refractivity contribution in [3.63, 3.8) is 0 Å². The minimum Gasteiger partial charge on any atom is -0.384 e. The van der Waals surface area contributed by atoms with E-state index in [0.717, 1.165) is 16.1 Å². The Hall–Kier alpha value is -1.53. The molecule has 2 aromatic heterocycles. The van der Waals surface area contributed by atoms with Gasteiger partial charge in [-0.2, -0.15) is 11.3 Å². The molecule has 1 aromatic carbocycles. The summed E-state index contributed by atoms with van der Waals surface area (Å²) < 4.78 is 0. The summed E-state index contributed by atoms with van der Waals surface area (Å²) in [5.41, 5.74) is 2.52. The number of rotatable bonds is 6. The number of nitrogens with one attached hydrogen (secondary N) is 1. The smallest absolute Gasteiger partial charge is 0.123 e. The summed E-state index contributed by atoms with van der Waals surface area (Å²) in [6, 6.07) is 10.4. The van der Waals surface area contributed by atoms with E-state index in [1.165, 1.54) is 10.4 Å². The Morgan fingerprint density at radius 2 is 2.00 bits per heavy atom. The fourth-order valence-electron chi connectivity index (χ4n) is 2.32. The molecule has 3 rings (SSSR count). The van der Waals surface area contributed by atoms with E-state index in [4.69, 9.17) is 0 Å². The van der Waals surface area contributed by atoms with E-state index in [1.54, 1.807) is 22.7 Å². The molecule has 0 aliphatic rings. The molecule has 5 heteroatoms. The first-order valence-corrected chi connectivity index (χ1v) is 9.28. The Balaban J connectivity index is 1.58. The maximum Gasteiger partial charge on any atom is 0.123 e. The van der Waals surface area contributed by atoms with Crippen molar-refractivity contribution in [2.75, 3.05) is 6.54 Å². The third-order valence-electron chi connectivity index (χ3n) is 3.76. The molecule has 0 aliphatic carbocycles. The van der Waals surface area contributed by atoms with Crippen LogP contribution in [0.2, 0.25) is 0 Å². The summed E-state index contributed by atoms with van der Waals surface area (Å²) in [4.78, 5) is 5.67. The van der Waals surface area contributed by atoms with Gasteiger partial charge in [0.2, 0.25) is 0 Å². The topological polar surface area (TPSA) is 45.2 Å². The number of thiazole rings is 1. The third kappa shape index (κ3) is 4.06. The van der Waals surface area contributed by atoms with E-state index >= 15 is 0 Å². The van der Waals surface area contributed by atoms with E-state index in [-0.39, 0.29) is 0 Å². The van der Waals surface area contributed by atoms with Crippen molar-refractivity contribution in [1.29, 1.82) is 0 Å². The second kappa shape index (κ2) is 6.93. The molecule has 0 saturated heterocycles. The average Bonchev–Trinajstić information content (AvgIpc) is 3.19. The zero-order valence-corrected chi connectivity index (χ0v) is 14.9. The van der Waals surface area contributed by atoms with Crippen LogP contribution in [-0.2, 0) is 12.1 Å². The summed E-state index contributed by atoms with van der Waals surface area (Å²) in [6.07, 6.45) is 1.91. The number of nitrogens with zero attached hydrogens (tertiary/aromatic N) is 1. The number of aryl methyl sites for hydroxylation is 1. The molecular formula is C18H20N2OS2. The van der Waals surface area contributed by atoms with Gasteiger partial charge in [0, 0.05) is 29.7 Å². The highest BCUT2D eigenvalue weighted by Crippen LogP contribution is 2.26. The minimum absolute atomic E-state index is 0.515. The van der Waals surface area contributed by atoms with Gasteiger partial charge in [-0.05, 0) is 36.2 Å². The first-order valence-electron chi connectivity index (χ1n) is 7.52. The van der Waals surface area contributed by atoms with Crippen molar-refractivity contribution in [2.24, 2.45) is 0 Å². The molecular weight excluding hydrogens is 324 g/mol. The van der Waals surface area contributed by atoms with Crippen molar-refractivity contribution in [3.05, 3.63) is 63.3 Å². The molecule has 1 atom stereocenters. The Labute approximate surface area is 144 Å². The minimum atomic E-state index is -0.843. The largest absolute Gasteiger partial charge is 0.384 e. The summed E-state index contributed by atoms with van der Waals surface area (Å²) in [6.45, 7) is 5.15. The van der Waals surface area contributed by atoms with Gasteiger partial charge in [0.05, 0.1) is 5.60 Å². The number of hydrogen-bond donors (Lipinski definition) is 2. The van der Waals surface area contributed by atoms with Crippen LogP contribution >= 0.6 is 22.7 Å². The summed E-state index contributed by atoms with van der Waals surface area (Å²) in [5.74, 6) is 0. The highest BCUT2D eigenvalue weighted by atomic mass is 32.1. The molecule has 0 spiro atoms. The molecule has 0 bridgehead atoms. The summed E-state index contributed by atoms with van der Waals surface area (Å²) >= 11 is 3.29. The van der Waals surface area contributed by atoms with Crippen LogP contribution in [0.1, 0.15) is 22.9 Å². The molecule has 0 saturated carbocycles. The van der Waals surface area contributed by atoms with E-state index < -0.39 is 5.60 Å². The lowest BCUT2D eigenvalue weighted by atomic mass is 9.99. The molecule has 23 heavy (non-hydrogen) atoms. The summed E-state index contributed by atoms with van der Waals surface area (Å²) in [5, 5.41) is 18.8. The van der Waals surface area contributed by atoms with Gasteiger partial charge in [0.25, 0.3) is 0 Å². The third-order valence-corrected chi connectivity index (χ3v) is 5.49. The van der Waals surface area contributed by atoms with E-state index in [9.17, 15) is 5.11 Å². The molecule has 120 valence electrons. The van der Waals surface area contributed by atoms with Gasteiger partial charge in [-0.15, -0.1) is 11.3 Å². The van der Waals surface area contributed by atoms with Gasteiger partial charge in [0.1, 0.15) is 5.01 Å². The molecule has 0 fully saturated rings. The fourth-order valence-corrected chi connectivity index (χ4v) is 3.99. The van der Waals surface area contributed by atoms with Crippen LogP contribution in [0, 0.1) is 6.92 Å². The van der Waals surface area contributed by atoms with Crippen LogP contribution in [0.15, 0.2) is 47.3 Å². The maximum absolute atomic E-state index is 10.5. The monoisotopic (exact) mass is 344 g/mol. The van der Waals surface area contributed by atoms with Crippen LogP contribution in [0.25, 0.3) is 10.6 Å². The number of benzene rings is 1. The number of aromatic nitrogens is 1. The van der Waals surface area contributed by atoms with Crippen LogP contribution in [0.5, 0.6) is 0 Å². The van der Waals surface area contributed by atoms with Crippen LogP contribution < -0.4 is 5.32 Å². The fraction of sp³-hybridized carbons (Fsp3) is 0.278. The Bertz CT molecular complexity index is 746. The molecule has 0 amide bonds. The van der Waals surface area contributed by atoms with Crippen LogP contribution in [-0.4, -0.2) is 16.6 Å². The predicted molar refractivity (Wildman–Crippen MR) is 97.9 cm³/mol. The van der Waals surface area contributed by atoms with Gasteiger partial charge >= 0.3 is 0 Å². The quantitative estimate of drug-likeness (QED) is 0.705. The van der Waals surface area contributed by atoms with Gasteiger partial charge in [0.15, 0.2) is 0 Å². The van der Waals surface area contributed by atoms with Gasteiger partial charge in [-0.3, -0.25) is 0 Å². The Morgan fingerprint density at radius 1 is 1.22 bits per heavy atom. The zero-order chi connectivity index (χ0) is 16.3. The van der Waals surface area contributed by atoms with E-state index in [2.05, 4.69) is 41.5 Å². The average molecular weight is 345 g/mol. The number of aliphatic hydroxyl groups is 1. The number of hydrogen-bond acceptors (Lipinski definition) is 5. The first kappa shape index (κ1) is 16.3. The maximum atomic E-state index is 10.5. The molecule has 3 aromatic rings.